The number of hydrogen-bond donors (Lipinski definition) is 1. The average molecular weight is 274 g/mol. The van der Waals surface area contributed by atoms with Crippen LogP contribution in [0.3, 0.4) is 0 Å². The summed E-state index contributed by atoms with van der Waals surface area (Å²) in [4.78, 5) is 4.13. The SMILES string of the molecule is CCCN(CCN)S(=O)(=O)c1cn(CC)c(C)n1. The molecule has 0 fully saturated rings. The Labute approximate surface area is 109 Å². The fraction of sp³-hybridized carbons (Fsp3) is 0.727. The predicted molar refractivity (Wildman–Crippen MR) is 70.7 cm³/mol. The van der Waals surface area contributed by atoms with Crippen LogP contribution in [0.15, 0.2) is 11.2 Å². The Bertz CT molecular complexity index is 475. The molecule has 0 atom stereocenters. The molecule has 1 aromatic heterocycles. The Morgan fingerprint density at radius 3 is 2.50 bits per heavy atom. The van der Waals surface area contributed by atoms with Gasteiger partial charge in [0.15, 0.2) is 5.03 Å². The highest BCUT2D eigenvalue weighted by Gasteiger charge is 2.26. The third-order valence-corrected chi connectivity index (χ3v) is 4.52. The van der Waals surface area contributed by atoms with Gasteiger partial charge in [0.2, 0.25) is 0 Å². The highest BCUT2D eigenvalue weighted by Crippen LogP contribution is 2.15. The van der Waals surface area contributed by atoms with Gasteiger partial charge < -0.3 is 10.3 Å². The van der Waals surface area contributed by atoms with E-state index in [0.29, 0.717) is 32.0 Å². The second-order valence-electron chi connectivity index (χ2n) is 4.11. The van der Waals surface area contributed by atoms with E-state index in [1.54, 1.807) is 13.1 Å². The van der Waals surface area contributed by atoms with Crippen LogP contribution in [0.25, 0.3) is 0 Å². The first kappa shape index (κ1) is 15.1. The molecular weight excluding hydrogens is 252 g/mol. The quantitative estimate of drug-likeness (QED) is 0.788. The third-order valence-electron chi connectivity index (χ3n) is 2.75. The molecule has 0 aliphatic carbocycles. The van der Waals surface area contributed by atoms with Gasteiger partial charge in [0.05, 0.1) is 0 Å². The van der Waals surface area contributed by atoms with Gasteiger partial charge in [-0.25, -0.2) is 13.4 Å². The molecule has 6 nitrogen and oxygen atoms in total. The molecule has 1 rings (SSSR count). The van der Waals surface area contributed by atoms with Crippen LogP contribution < -0.4 is 5.73 Å². The van der Waals surface area contributed by atoms with Crippen molar-refractivity contribution >= 4 is 10.0 Å². The molecular formula is C11H22N4O2S. The van der Waals surface area contributed by atoms with Crippen molar-refractivity contribution < 1.29 is 8.42 Å². The Balaban J connectivity index is 3.09. The Kier molecular flexibility index (Phi) is 5.30. The lowest BCUT2D eigenvalue weighted by Crippen LogP contribution is -2.36. The van der Waals surface area contributed by atoms with E-state index in [1.807, 2.05) is 18.4 Å². The van der Waals surface area contributed by atoms with Crippen molar-refractivity contribution in [2.24, 2.45) is 5.73 Å². The van der Waals surface area contributed by atoms with Crippen molar-refractivity contribution in [1.82, 2.24) is 13.9 Å². The Hall–Kier alpha value is -0.920. The van der Waals surface area contributed by atoms with E-state index >= 15 is 0 Å². The van der Waals surface area contributed by atoms with Gasteiger partial charge in [-0.05, 0) is 20.3 Å². The summed E-state index contributed by atoms with van der Waals surface area (Å²) in [5.41, 5.74) is 5.46. The molecule has 0 aromatic carbocycles. The van der Waals surface area contributed by atoms with Crippen LogP contribution in [-0.2, 0) is 16.6 Å². The van der Waals surface area contributed by atoms with Crippen LogP contribution >= 0.6 is 0 Å². The molecule has 1 aromatic rings. The summed E-state index contributed by atoms with van der Waals surface area (Å²) in [6.45, 7) is 7.51. The van der Waals surface area contributed by atoms with Crippen molar-refractivity contribution in [2.75, 3.05) is 19.6 Å². The fourth-order valence-corrected chi connectivity index (χ4v) is 3.34. The van der Waals surface area contributed by atoms with Crippen LogP contribution in [0.4, 0.5) is 0 Å². The van der Waals surface area contributed by atoms with E-state index in [9.17, 15) is 8.42 Å². The van der Waals surface area contributed by atoms with Gasteiger partial charge in [0.1, 0.15) is 5.82 Å². The third kappa shape index (κ3) is 3.09. The van der Waals surface area contributed by atoms with Crippen molar-refractivity contribution in [3.05, 3.63) is 12.0 Å². The number of rotatable bonds is 7. The van der Waals surface area contributed by atoms with Crippen LogP contribution in [0, 0.1) is 6.92 Å². The molecule has 2 N–H and O–H groups in total. The summed E-state index contributed by atoms with van der Waals surface area (Å²) >= 11 is 0. The molecule has 7 heteroatoms. The van der Waals surface area contributed by atoms with Crippen molar-refractivity contribution in [3.63, 3.8) is 0 Å². The summed E-state index contributed by atoms with van der Waals surface area (Å²) < 4.78 is 28.0. The molecule has 0 amide bonds. The van der Waals surface area contributed by atoms with Crippen molar-refractivity contribution in [3.8, 4) is 0 Å². The molecule has 1 heterocycles. The monoisotopic (exact) mass is 274 g/mol. The molecule has 18 heavy (non-hydrogen) atoms. The maximum absolute atomic E-state index is 12.4. The van der Waals surface area contributed by atoms with Gasteiger partial charge in [-0.2, -0.15) is 4.31 Å². The number of nitrogens with zero attached hydrogens (tertiary/aromatic N) is 3. The van der Waals surface area contributed by atoms with Crippen LogP contribution in [0.1, 0.15) is 26.1 Å². The molecule has 0 radical (unpaired) electrons. The number of aryl methyl sites for hydroxylation is 2. The largest absolute Gasteiger partial charge is 0.334 e. The zero-order valence-electron chi connectivity index (χ0n) is 11.3. The minimum atomic E-state index is -3.52. The zero-order chi connectivity index (χ0) is 13.8. The standard InChI is InChI=1S/C11H22N4O2S/c1-4-7-15(8-6-12)18(16,17)11-9-14(5-2)10(3)13-11/h9H,4-8,12H2,1-3H3. The van der Waals surface area contributed by atoms with Gasteiger partial charge in [-0.1, -0.05) is 6.92 Å². The number of imidazole rings is 1. The van der Waals surface area contributed by atoms with Crippen molar-refractivity contribution in [1.29, 1.82) is 0 Å². The first-order valence-electron chi connectivity index (χ1n) is 6.21. The molecule has 0 aliphatic heterocycles. The average Bonchev–Trinajstić information content (AvgIpc) is 2.71. The van der Waals surface area contributed by atoms with E-state index in [-0.39, 0.29) is 5.03 Å². The fourth-order valence-electron chi connectivity index (χ4n) is 1.80. The smallest absolute Gasteiger partial charge is 0.262 e. The van der Waals surface area contributed by atoms with Gasteiger partial charge in [-0.15, -0.1) is 0 Å². The summed E-state index contributed by atoms with van der Waals surface area (Å²) in [7, 11) is -3.52. The summed E-state index contributed by atoms with van der Waals surface area (Å²) in [6.07, 6.45) is 2.34. The van der Waals surface area contributed by atoms with E-state index in [0.717, 1.165) is 6.42 Å². The molecule has 0 saturated heterocycles. The number of aromatic nitrogens is 2. The summed E-state index contributed by atoms with van der Waals surface area (Å²) in [6, 6.07) is 0. The lowest BCUT2D eigenvalue weighted by atomic mass is 10.5. The number of nitrogens with two attached hydrogens (primary N) is 1. The molecule has 0 saturated carbocycles. The molecule has 0 aliphatic rings. The normalized spacial score (nSPS) is 12.3. The molecule has 104 valence electrons. The lowest BCUT2D eigenvalue weighted by Gasteiger charge is -2.19. The summed E-state index contributed by atoms with van der Waals surface area (Å²) in [5.74, 6) is 0.709. The van der Waals surface area contributed by atoms with Gasteiger partial charge in [-0.3, -0.25) is 0 Å². The van der Waals surface area contributed by atoms with E-state index in [4.69, 9.17) is 5.73 Å². The number of hydrogen-bond acceptors (Lipinski definition) is 4. The first-order valence-corrected chi connectivity index (χ1v) is 7.65. The van der Waals surface area contributed by atoms with E-state index in [1.165, 1.54) is 4.31 Å². The first-order chi connectivity index (χ1) is 8.47. The predicted octanol–water partition coefficient (Wildman–Crippen LogP) is 0.571. The van der Waals surface area contributed by atoms with Crippen LogP contribution in [-0.4, -0.2) is 41.9 Å². The number of sulfonamides is 1. The second-order valence-corrected chi connectivity index (χ2v) is 5.99. The molecule has 0 spiro atoms. The van der Waals surface area contributed by atoms with Crippen molar-refractivity contribution in [2.45, 2.75) is 38.8 Å². The zero-order valence-corrected chi connectivity index (χ0v) is 12.1. The lowest BCUT2D eigenvalue weighted by molar-refractivity contribution is 0.416. The van der Waals surface area contributed by atoms with Gasteiger partial charge in [0.25, 0.3) is 10.0 Å². The molecule has 0 unspecified atom stereocenters. The maximum atomic E-state index is 12.4. The molecule has 0 bridgehead atoms. The van der Waals surface area contributed by atoms with E-state index in [2.05, 4.69) is 4.98 Å². The van der Waals surface area contributed by atoms with Gasteiger partial charge >= 0.3 is 0 Å². The minimum absolute atomic E-state index is 0.115. The Morgan fingerprint density at radius 2 is 2.06 bits per heavy atom. The second kappa shape index (κ2) is 6.31. The highest BCUT2D eigenvalue weighted by molar-refractivity contribution is 7.89. The van der Waals surface area contributed by atoms with Crippen LogP contribution in [0.5, 0.6) is 0 Å². The maximum Gasteiger partial charge on any atom is 0.262 e. The van der Waals surface area contributed by atoms with Gasteiger partial charge in [0, 0.05) is 32.4 Å². The topological polar surface area (TPSA) is 81.2 Å². The Morgan fingerprint density at radius 1 is 1.39 bits per heavy atom. The minimum Gasteiger partial charge on any atom is -0.334 e. The highest BCUT2D eigenvalue weighted by atomic mass is 32.2. The van der Waals surface area contributed by atoms with Crippen LogP contribution in [0.2, 0.25) is 0 Å². The summed E-state index contributed by atoms with van der Waals surface area (Å²) in [5, 5.41) is 0.115. The van der Waals surface area contributed by atoms with E-state index < -0.39 is 10.0 Å².